The summed E-state index contributed by atoms with van der Waals surface area (Å²) in [6, 6.07) is 7.94. The Kier molecular flexibility index (Phi) is 8.75. The highest BCUT2D eigenvalue weighted by Crippen LogP contribution is 2.36. The Hall–Kier alpha value is -3.78. The van der Waals surface area contributed by atoms with E-state index in [1.54, 1.807) is 24.4 Å². The molecule has 0 radical (unpaired) electrons. The maximum Gasteiger partial charge on any atom is 0.233 e. The third kappa shape index (κ3) is 6.74. The molecule has 0 aliphatic carbocycles. The Morgan fingerprint density at radius 3 is 2.60 bits per heavy atom. The van der Waals surface area contributed by atoms with E-state index in [1.807, 2.05) is 18.0 Å². The fourth-order valence-electron chi connectivity index (χ4n) is 5.44. The van der Waals surface area contributed by atoms with Gasteiger partial charge in [0.2, 0.25) is 18.1 Å². The number of aliphatic imine (C=N–C) groups is 1. The van der Waals surface area contributed by atoms with E-state index in [1.165, 1.54) is 12.1 Å². The zero-order valence-electron chi connectivity index (χ0n) is 24.6. The molecule has 0 bridgehead atoms. The van der Waals surface area contributed by atoms with Gasteiger partial charge >= 0.3 is 0 Å². The summed E-state index contributed by atoms with van der Waals surface area (Å²) in [7, 11) is 2.06. The summed E-state index contributed by atoms with van der Waals surface area (Å²) in [6.07, 6.45) is 3.76. The maximum atomic E-state index is 13.8. The predicted molar refractivity (Wildman–Crippen MR) is 160 cm³/mol. The molecule has 43 heavy (non-hydrogen) atoms. The zero-order valence-corrected chi connectivity index (χ0v) is 24.6. The number of aromatic nitrogens is 4. The zero-order chi connectivity index (χ0) is 29.8. The predicted octanol–water partition coefficient (Wildman–Crippen LogP) is 2.64. The molecule has 6 rings (SSSR count). The number of nitrogens with zero attached hydrogens (tertiary/aromatic N) is 7. The van der Waals surface area contributed by atoms with Crippen molar-refractivity contribution in [2.24, 2.45) is 10.4 Å². The third-order valence-electron chi connectivity index (χ3n) is 8.07. The van der Waals surface area contributed by atoms with Gasteiger partial charge in [0, 0.05) is 63.8 Å². The van der Waals surface area contributed by atoms with Crippen LogP contribution in [0.3, 0.4) is 0 Å². The van der Waals surface area contributed by atoms with Crippen LogP contribution in [-0.2, 0) is 14.3 Å². The number of carbonyl (C=O) groups excluding carboxylic acids is 1. The van der Waals surface area contributed by atoms with Crippen molar-refractivity contribution in [1.29, 1.82) is 0 Å². The van der Waals surface area contributed by atoms with Crippen LogP contribution >= 0.6 is 0 Å². The standard InChI is InChI=1S/C30H38FN9O3/c1-30(28(41)40-16-14-38(2)15-17-40)18-42-27(43-19-30)26-36-24(21-4-6-22(31)7-5-21)25(37-26)23-8-10-34-29(35-23)33-9-3-12-39-13-11-32-20-39/h4-8,10-11,27H,3,9,12-20H2,1-2H3,(H,36,37)(H,33,34,35). The summed E-state index contributed by atoms with van der Waals surface area (Å²) >= 11 is 0. The number of amides is 1. The summed E-state index contributed by atoms with van der Waals surface area (Å²) in [4.78, 5) is 41.2. The minimum Gasteiger partial charge on any atom is -0.354 e. The van der Waals surface area contributed by atoms with E-state index in [2.05, 4.69) is 37.1 Å². The third-order valence-corrected chi connectivity index (χ3v) is 8.07. The van der Waals surface area contributed by atoms with Crippen LogP contribution in [0.2, 0.25) is 0 Å². The van der Waals surface area contributed by atoms with Crippen molar-refractivity contribution in [3.63, 3.8) is 0 Å². The normalized spacial score (nSPS) is 23.1. The minimum atomic E-state index is -0.796. The molecule has 3 aliphatic heterocycles. The molecule has 0 unspecified atom stereocenters. The molecule has 0 saturated carbocycles. The molecule has 2 saturated heterocycles. The number of halogens is 1. The Morgan fingerprint density at radius 1 is 1.12 bits per heavy atom. The lowest BCUT2D eigenvalue weighted by Gasteiger charge is -2.41. The summed E-state index contributed by atoms with van der Waals surface area (Å²) < 4.78 is 26.0. The number of likely N-dealkylation sites (N-methyl/N-ethyl adjacent to an activating group) is 1. The average Bonchev–Trinajstić information content (AvgIpc) is 3.71. The molecule has 0 atom stereocenters. The van der Waals surface area contributed by atoms with Gasteiger partial charge in [-0.15, -0.1) is 0 Å². The first-order valence-corrected chi connectivity index (χ1v) is 14.7. The first-order chi connectivity index (χ1) is 20.9. The number of piperazine rings is 1. The van der Waals surface area contributed by atoms with Gasteiger partial charge in [0.1, 0.15) is 5.82 Å². The van der Waals surface area contributed by atoms with Crippen molar-refractivity contribution >= 4 is 18.1 Å². The molecule has 1 amide bonds. The molecule has 12 nitrogen and oxygen atoms in total. The van der Waals surface area contributed by atoms with Gasteiger partial charge in [0.25, 0.3) is 0 Å². The largest absolute Gasteiger partial charge is 0.354 e. The lowest BCUT2D eigenvalue weighted by molar-refractivity contribution is -0.234. The van der Waals surface area contributed by atoms with Crippen molar-refractivity contribution in [2.45, 2.75) is 19.6 Å². The molecular weight excluding hydrogens is 553 g/mol. The molecule has 2 aromatic heterocycles. The van der Waals surface area contributed by atoms with Crippen LogP contribution < -0.4 is 5.32 Å². The van der Waals surface area contributed by atoms with Gasteiger partial charge in [0.15, 0.2) is 5.82 Å². The second-order valence-corrected chi connectivity index (χ2v) is 11.6. The lowest BCUT2D eigenvalue weighted by Crippen LogP contribution is -2.55. The molecule has 2 N–H and O–H groups in total. The number of imidazole rings is 1. The number of nitrogens with one attached hydrogen (secondary N) is 2. The monoisotopic (exact) mass is 591 g/mol. The Balaban J connectivity index is 1.18. The fourth-order valence-corrected chi connectivity index (χ4v) is 5.44. The van der Waals surface area contributed by atoms with Crippen LogP contribution in [0.4, 0.5) is 10.3 Å². The highest BCUT2D eigenvalue weighted by molar-refractivity contribution is 5.83. The molecule has 228 valence electrons. The van der Waals surface area contributed by atoms with Gasteiger partial charge < -0.3 is 29.6 Å². The van der Waals surface area contributed by atoms with Crippen LogP contribution in [0.15, 0.2) is 41.5 Å². The molecule has 13 heteroatoms. The van der Waals surface area contributed by atoms with Crippen LogP contribution in [0.5, 0.6) is 0 Å². The van der Waals surface area contributed by atoms with E-state index in [-0.39, 0.29) is 24.9 Å². The van der Waals surface area contributed by atoms with Gasteiger partial charge in [-0.05, 0) is 50.7 Å². The maximum absolute atomic E-state index is 13.8. The minimum absolute atomic E-state index is 0.0426. The number of rotatable bonds is 9. The Labute approximate surface area is 250 Å². The van der Waals surface area contributed by atoms with Gasteiger partial charge in [-0.2, -0.15) is 0 Å². The first-order valence-electron chi connectivity index (χ1n) is 14.7. The van der Waals surface area contributed by atoms with Crippen molar-refractivity contribution in [1.82, 2.24) is 34.6 Å². The quantitative estimate of drug-likeness (QED) is 0.362. The fraction of sp³-hybridized carbons (Fsp3) is 0.500. The molecule has 1 aromatic carbocycles. The SMILES string of the molecule is CN1CCN(C(=O)C2(C)COC(c3nc(-c4ccc(F)cc4)c(-c4ccnc(NCCCN5CC=NC5)n4)[nH]3)OC2)CC1. The number of H-pyrrole nitrogens is 1. The topological polar surface area (TPSA) is 124 Å². The molecular formula is C30H38FN9O3. The summed E-state index contributed by atoms with van der Waals surface area (Å²) in [5, 5.41) is 3.30. The summed E-state index contributed by atoms with van der Waals surface area (Å²) in [5.41, 5.74) is 1.77. The van der Waals surface area contributed by atoms with E-state index in [0.29, 0.717) is 54.1 Å². The molecule has 3 aromatic rings. The van der Waals surface area contributed by atoms with Crippen molar-refractivity contribution in [3.05, 3.63) is 48.2 Å². The van der Waals surface area contributed by atoms with Crippen LogP contribution in [0.25, 0.3) is 22.6 Å². The summed E-state index contributed by atoms with van der Waals surface area (Å²) in [5.74, 6) is 0.656. The molecule has 0 spiro atoms. The van der Waals surface area contributed by atoms with Gasteiger partial charge in [-0.25, -0.2) is 19.3 Å². The van der Waals surface area contributed by atoms with E-state index < -0.39 is 11.7 Å². The summed E-state index contributed by atoms with van der Waals surface area (Å²) in [6.45, 7) is 8.67. The lowest BCUT2D eigenvalue weighted by atomic mass is 9.90. The van der Waals surface area contributed by atoms with Crippen LogP contribution in [0, 0.1) is 11.2 Å². The second-order valence-electron chi connectivity index (χ2n) is 11.6. The van der Waals surface area contributed by atoms with Crippen molar-refractivity contribution in [2.75, 3.05) is 78.1 Å². The van der Waals surface area contributed by atoms with Crippen LogP contribution in [0.1, 0.15) is 25.5 Å². The molecule has 2 fully saturated rings. The number of aromatic amines is 1. The van der Waals surface area contributed by atoms with Crippen molar-refractivity contribution in [3.8, 4) is 22.6 Å². The number of hydrogen-bond donors (Lipinski definition) is 2. The van der Waals surface area contributed by atoms with E-state index in [9.17, 15) is 9.18 Å². The van der Waals surface area contributed by atoms with Crippen molar-refractivity contribution < 1.29 is 18.7 Å². The Morgan fingerprint density at radius 2 is 1.88 bits per heavy atom. The smallest absolute Gasteiger partial charge is 0.233 e. The van der Waals surface area contributed by atoms with E-state index in [0.717, 1.165) is 39.3 Å². The van der Waals surface area contributed by atoms with E-state index in [4.69, 9.17) is 19.4 Å². The van der Waals surface area contributed by atoms with Gasteiger partial charge in [-0.3, -0.25) is 14.7 Å². The van der Waals surface area contributed by atoms with E-state index >= 15 is 0 Å². The van der Waals surface area contributed by atoms with Gasteiger partial charge in [-0.1, -0.05) is 0 Å². The highest BCUT2D eigenvalue weighted by atomic mass is 19.1. The highest BCUT2D eigenvalue weighted by Gasteiger charge is 2.43. The number of hydrogen-bond acceptors (Lipinski definition) is 10. The molecule has 3 aliphatic rings. The molecule has 5 heterocycles. The first kappa shape index (κ1) is 29.3. The Bertz CT molecular complexity index is 1420. The number of carbonyl (C=O) groups is 1. The number of anilines is 1. The van der Waals surface area contributed by atoms with Gasteiger partial charge in [0.05, 0.1) is 42.4 Å². The van der Waals surface area contributed by atoms with Crippen LogP contribution in [-0.4, -0.2) is 120 Å². The second kappa shape index (κ2) is 12.8. The number of ether oxygens (including phenoxy) is 2. The number of benzene rings is 1. The average molecular weight is 592 g/mol.